The van der Waals surface area contributed by atoms with Gasteiger partial charge in [0.15, 0.2) is 0 Å². The zero-order chi connectivity index (χ0) is 15.9. The van der Waals surface area contributed by atoms with Crippen molar-refractivity contribution in [3.8, 4) is 0 Å². The molecule has 22 heavy (non-hydrogen) atoms. The molecule has 0 radical (unpaired) electrons. The second-order valence-corrected chi connectivity index (χ2v) is 5.58. The number of pyridine rings is 1. The minimum atomic E-state index is -0.460. The lowest BCUT2D eigenvalue weighted by atomic mass is 10.1. The molecule has 1 aliphatic rings. The second kappa shape index (κ2) is 5.53. The first-order valence-electron chi connectivity index (χ1n) is 7.16. The minimum Gasteiger partial charge on any atom is -0.380 e. The number of primary amides is 1. The fraction of sp³-hybridized carbons (Fsp3) is 0.375. The van der Waals surface area contributed by atoms with Crippen LogP contribution in [0, 0.1) is 12.7 Å². The number of nitrogens with two attached hydrogens (primary N) is 1. The third-order valence-corrected chi connectivity index (χ3v) is 4.13. The van der Waals surface area contributed by atoms with E-state index < -0.39 is 11.9 Å². The number of methoxy groups -OCH3 is 1. The number of carbonyl (C=O) groups is 1. The number of rotatable bonds is 3. The van der Waals surface area contributed by atoms with Crippen LogP contribution in [0.4, 0.5) is 10.1 Å². The molecule has 5 nitrogen and oxygen atoms in total. The van der Waals surface area contributed by atoms with Gasteiger partial charge in [-0.2, -0.15) is 0 Å². The molecule has 2 atom stereocenters. The van der Waals surface area contributed by atoms with Crippen molar-refractivity contribution < 1.29 is 13.9 Å². The summed E-state index contributed by atoms with van der Waals surface area (Å²) in [6.07, 6.45) is 0.457. The van der Waals surface area contributed by atoms with Crippen LogP contribution >= 0.6 is 0 Å². The number of amides is 1. The van der Waals surface area contributed by atoms with Crippen LogP contribution in [0.1, 0.15) is 12.1 Å². The van der Waals surface area contributed by atoms with Gasteiger partial charge >= 0.3 is 0 Å². The second-order valence-electron chi connectivity index (χ2n) is 5.58. The average Bonchev–Trinajstić information content (AvgIpc) is 2.92. The molecule has 2 N–H and O–H groups in total. The third kappa shape index (κ3) is 2.39. The third-order valence-electron chi connectivity index (χ3n) is 4.13. The van der Waals surface area contributed by atoms with Gasteiger partial charge in [-0.05, 0) is 19.1 Å². The number of aryl methyl sites for hydroxylation is 1. The topological polar surface area (TPSA) is 68.5 Å². The maximum atomic E-state index is 14.0. The van der Waals surface area contributed by atoms with Gasteiger partial charge in [-0.25, -0.2) is 9.37 Å². The summed E-state index contributed by atoms with van der Waals surface area (Å²) in [6, 6.07) is 6.22. The summed E-state index contributed by atoms with van der Waals surface area (Å²) in [7, 11) is 1.61. The molecule has 116 valence electrons. The lowest BCUT2D eigenvalue weighted by Gasteiger charge is -2.26. The molecule has 1 fully saturated rings. The molecule has 0 aliphatic carbocycles. The normalized spacial score (nSPS) is 21.5. The number of fused-ring (bicyclic) bond motifs is 1. The fourth-order valence-electron chi connectivity index (χ4n) is 3.06. The van der Waals surface area contributed by atoms with Crippen molar-refractivity contribution in [2.75, 3.05) is 18.6 Å². The van der Waals surface area contributed by atoms with Gasteiger partial charge in [0.2, 0.25) is 5.91 Å². The highest BCUT2D eigenvalue weighted by molar-refractivity contribution is 5.95. The van der Waals surface area contributed by atoms with Crippen molar-refractivity contribution in [3.05, 3.63) is 35.8 Å². The zero-order valence-electron chi connectivity index (χ0n) is 12.5. The minimum absolute atomic E-state index is 0.0745. The molecule has 3 rings (SSSR count). The van der Waals surface area contributed by atoms with Crippen molar-refractivity contribution in [1.82, 2.24) is 4.98 Å². The highest BCUT2D eigenvalue weighted by Crippen LogP contribution is 2.33. The quantitative estimate of drug-likeness (QED) is 0.938. The highest BCUT2D eigenvalue weighted by atomic mass is 19.1. The highest BCUT2D eigenvalue weighted by Gasteiger charge is 2.36. The van der Waals surface area contributed by atoms with Gasteiger partial charge in [0.05, 0.1) is 6.10 Å². The van der Waals surface area contributed by atoms with Crippen molar-refractivity contribution in [2.45, 2.75) is 25.5 Å². The summed E-state index contributed by atoms with van der Waals surface area (Å²) in [6.45, 7) is 2.34. The zero-order valence-corrected chi connectivity index (χ0v) is 12.5. The van der Waals surface area contributed by atoms with Crippen LogP contribution in [-0.4, -0.2) is 36.7 Å². The van der Waals surface area contributed by atoms with Crippen LogP contribution in [0.25, 0.3) is 10.9 Å². The summed E-state index contributed by atoms with van der Waals surface area (Å²) >= 11 is 0. The number of aromatic nitrogens is 1. The molecule has 1 saturated heterocycles. The first kappa shape index (κ1) is 14.7. The number of halogens is 1. The molecule has 1 aromatic heterocycles. The molecular formula is C16H18FN3O2. The number of anilines is 1. The Morgan fingerprint density at radius 3 is 2.95 bits per heavy atom. The SMILES string of the molecule is CO[C@H]1C[C@@H](C(N)=O)N(c2cc(C)nc3c(F)cccc23)C1. The van der Waals surface area contributed by atoms with E-state index in [1.54, 1.807) is 26.2 Å². The van der Waals surface area contributed by atoms with Crippen molar-refractivity contribution in [2.24, 2.45) is 5.73 Å². The first-order valence-corrected chi connectivity index (χ1v) is 7.16. The number of ether oxygens (including phenoxy) is 1. The molecule has 1 amide bonds. The maximum Gasteiger partial charge on any atom is 0.240 e. The first-order chi connectivity index (χ1) is 10.5. The van der Waals surface area contributed by atoms with Gasteiger partial charge in [-0.15, -0.1) is 0 Å². The number of hydrogen-bond donors (Lipinski definition) is 1. The predicted octanol–water partition coefficient (Wildman–Crippen LogP) is 1.76. The van der Waals surface area contributed by atoms with E-state index in [4.69, 9.17) is 10.5 Å². The van der Waals surface area contributed by atoms with E-state index in [9.17, 15) is 9.18 Å². The Hall–Kier alpha value is -2.21. The van der Waals surface area contributed by atoms with Gasteiger partial charge in [0.1, 0.15) is 17.4 Å². The maximum absolute atomic E-state index is 14.0. The number of benzene rings is 1. The Morgan fingerprint density at radius 2 is 2.27 bits per heavy atom. The summed E-state index contributed by atoms with van der Waals surface area (Å²) < 4.78 is 19.4. The molecule has 0 bridgehead atoms. The van der Waals surface area contributed by atoms with E-state index >= 15 is 0 Å². The lowest BCUT2D eigenvalue weighted by Crippen LogP contribution is -2.40. The molecule has 2 heterocycles. The van der Waals surface area contributed by atoms with Crippen LogP contribution in [-0.2, 0) is 9.53 Å². The number of hydrogen-bond acceptors (Lipinski definition) is 4. The Morgan fingerprint density at radius 1 is 1.50 bits per heavy atom. The molecule has 2 aromatic rings. The molecule has 1 aliphatic heterocycles. The molecule has 0 unspecified atom stereocenters. The van der Waals surface area contributed by atoms with Crippen LogP contribution in [0.5, 0.6) is 0 Å². The van der Waals surface area contributed by atoms with Crippen molar-refractivity contribution in [3.63, 3.8) is 0 Å². The van der Waals surface area contributed by atoms with Crippen LogP contribution in [0.15, 0.2) is 24.3 Å². The summed E-state index contributed by atoms with van der Waals surface area (Å²) in [5.74, 6) is -0.779. The largest absolute Gasteiger partial charge is 0.380 e. The molecular weight excluding hydrogens is 285 g/mol. The van der Waals surface area contributed by atoms with Crippen molar-refractivity contribution >= 4 is 22.5 Å². The molecule has 6 heteroatoms. The predicted molar refractivity (Wildman–Crippen MR) is 82.2 cm³/mol. The summed E-state index contributed by atoms with van der Waals surface area (Å²) in [5, 5.41) is 0.675. The van der Waals surface area contributed by atoms with Crippen LogP contribution < -0.4 is 10.6 Å². The Labute approximate surface area is 127 Å². The fourth-order valence-corrected chi connectivity index (χ4v) is 3.06. The smallest absolute Gasteiger partial charge is 0.240 e. The molecule has 0 spiro atoms. The van der Waals surface area contributed by atoms with E-state index in [0.717, 1.165) is 5.69 Å². The average molecular weight is 303 g/mol. The van der Waals surface area contributed by atoms with Gasteiger partial charge in [0.25, 0.3) is 0 Å². The van der Waals surface area contributed by atoms with E-state index in [-0.39, 0.29) is 11.9 Å². The van der Waals surface area contributed by atoms with Crippen LogP contribution in [0.2, 0.25) is 0 Å². The van der Waals surface area contributed by atoms with E-state index in [1.165, 1.54) is 6.07 Å². The Balaban J connectivity index is 2.16. The summed E-state index contributed by atoms with van der Waals surface area (Å²) in [4.78, 5) is 17.9. The number of carbonyl (C=O) groups excluding carboxylic acids is 1. The summed E-state index contributed by atoms with van der Waals surface area (Å²) in [5.41, 5.74) is 7.30. The molecule has 1 aromatic carbocycles. The van der Waals surface area contributed by atoms with Crippen LogP contribution in [0.3, 0.4) is 0 Å². The van der Waals surface area contributed by atoms with Gasteiger partial charge in [-0.3, -0.25) is 4.79 Å². The Bertz CT molecular complexity index is 735. The van der Waals surface area contributed by atoms with Crippen molar-refractivity contribution in [1.29, 1.82) is 0 Å². The monoisotopic (exact) mass is 303 g/mol. The lowest BCUT2D eigenvalue weighted by molar-refractivity contribution is -0.119. The van der Waals surface area contributed by atoms with Gasteiger partial charge < -0.3 is 15.4 Å². The Kier molecular flexibility index (Phi) is 3.70. The van der Waals surface area contributed by atoms with E-state index in [2.05, 4.69) is 4.98 Å². The molecule has 0 saturated carbocycles. The standard InChI is InChI=1S/C16H18FN3O2/c1-9-6-13(11-4-3-5-12(17)15(11)19-9)20-8-10(22-2)7-14(20)16(18)21/h3-6,10,14H,7-8H2,1-2H3,(H2,18,21)/t10-,14-/m0/s1. The van der Waals surface area contributed by atoms with Gasteiger partial charge in [0, 0.05) is 36.8 Å². The number of para-hydroxylation sites is 1. The van der Waals surface area contributed by atoms with Gasteiger partial charge in [-0.1, -0.05) is 12.1 Å². The van der Waals surface area contributed by atoms with E-state index in [0.29, 0.717) is 29.6 Å². The van der Waals surface area contributed by atoms with E-state index in [1.807, 2.05) is 11.0 Å². The number of nitrogens with zero attached hydrogens (tertiary/aromatic N) is 2.